The number of carbonyl (C=O) groups is 1. The van der Waals surface area contributed by atoms with Crippen molar-refractivity contribution in [3.05, 3.63) is 0 Å². The van der Waals surface area contributed by atoms with Gasteiger partial charge in [-0.3, -0.25) is 0 Å². The van der Waals surface area contributed by atoms with E-state index in [9.17, 15) is 9.90 Å². The Balaban J connectivity index is 2.16. The summed E-state index contributed by atoms with van der Waals surface area (Å²) in [6, 6.07) is 0.329. The molecule has 1 N–H and O–H groups in total. The predicted molar refractivity (Wildman–Crippen MR) is 87.8 cm³/mol. The second-order valence-electron chi connectivity index (χ2n) is 8.10. The molecule has 0 bridgehead atoms. The molecule has 1 heterocycles. The van der Waals surface area contributed by atoms with Gasteiger partial charge < -0.3 is 14.7 Å². The first-order chi connectivity index (χ1) is 10.3. The fraction of sp³-hybridized carbons (Fsp3) is 0.944. The number of amides is 1. The van der Waals surface area contributed by atoms with Crippen molar-refractivity contribution in [3.8, 4) is 0 Å². The Labute approximate surface area is 135 Å². The first-order valence-corrected chi connectivity index (χ1v) is 8.99. The summed E-state index contributed by atoms with van der Waals surface area (Å²) in [7, 11) is 0. The van der Waals surface area contributed by atoms with Crippen LogP contribution in [0.2, 0.25) is 0 Å². The van der Waals surface area contributed by atoms with Crippen molar-refractivity contribution in [2.24, 2.45) is 5.92 Å². The van der Waals surface area contributed by atoms with E-state index < -0.39 is 5.60 Å². The number of likely N-dealkylation sites (tertiary alicyclic amines) is 1. The highest BCUT2D eigenvalue weighted by Crippen LogP contribution is 2.36. The molecule has 1 saturated heterocycles. The minimum atomic E-state index is -0.471. The highest BCUT2D eigenvalue weighted by atomic mass is 16.6. The molecule has 2 aliphatic rings. The predicted octanol–water partition coefficient (Wildman–Crippen LogP) is 4.11. The van der Waals surface area contributed by atoms with E-state index in [1.807, 2.05) is 25.7 Å². The first kappa shape index (κ1) is 17.6. The average Bonchev–Trinajstić information content (AvgIpc) is 2.60. The molecule has 2 fully saturated rings. The van der Waals surface area contributed by atoms with E-state index in [-0.39, 0.29) is 30.2 Å². The highest BCUT2D eigenvalue weighted by molar-refractivity contribution is 5.69. The monoisotopic (exact) mass is 311 g/mol. The van der Waals surface area contributed by atoms with Gasteiger partial charge in [-0.1, -0.05) is 19.3 Å². The van der Waals surface area contributed by atoms with Gasteiger partial charge in [0.2, 0.25) is 0 Å². The van der Waals surface area contributed by atoms with Crippen LogP contribution in [0.15, 0.2) is 0 Å². The maximum Gasteiger partial charge on any atom is 0.410 e. The van der Waals surface area contributed by atoms with Crippen molar-refractivity contribution in [1.29, 1.82) is 0 Å². The number of aliphatic hydroxyl groups is 1. The number of piperidine rings is 1. The van der Waals surface area contributed by atoms with Crippen LogP contribution in [0.4, 0.5) is 4.79 Å². The standard InChI is InChI=1S/C18H33NO3/c1-13-9-8-11-15(14-10-6-5-7-12-16(14)20)19(13)17(21)22-18(2,3)4/h13-16,20H,5-12H2,1-4H3. The van der Waals surface area contributed by atoms with E-state index >= 15 is 0 Å². The second kappa shape index (κ2) is 7.20. The molecule has 4 nitrogen and oxygen atoms in total. The molecule has 1 aliphatic carbocycles. The van der Waals surface area contributed by atoms with Crippen molar-refractivity contribution in [3.63, 3.8) is 0 Å². The second-order valence-corrected chi connectivity index (χ2v) is 8.10. The van der Waals surface area contributed by atoms with Crippen molar-refractivity contribution >= 4 is 6.09 Å². The van der Waals surface area contributed by atoms with Gasteiger partial charge in [0.25, 0.3) is 0 Å². The molecule has 0 radical (unpaired) electrons. The lowest BCUT2D eigenvalue weighted by atomic mass is 9.82. The summed E-state index contributed by atoms with van der Waals surface area (Å²) in [4.78, 5) is 14.6. The lowest BCUT2D eigenvalue weighted by Crippen LogP contribution is -2.55. The molecule has 2 rings (SSSR count). The van der Waals surface area contributed by atoms with Gasteiger partial charge in [-0.25, -0.2) is 4.79 Å². The summed E-state index contributed by atoms with van der Waals surface area (Å²) in [5, 5.41) is 10.5. The van der Waals surface area contributed by atoms with Gasteiger partial charge in [0.15, 0.2) is 0 Å². The van der Waals surface area contributed by atoms with E-state index in [2.05, 4.69) is 6.92 Å². The first-order valence-electron chi connectivity index (χ1n) is 8.99. The zero-order chi connectivity index (χ0) is 16.3. The Hall–Kier alpha value is -0.770. The summed E-state index contributed by atoms with van der Waals surface area (Å²) in [5.74, 6) is 0.206. The Morgan fingerprint density at radius 3 is 2.41 bits per heavy atom. The van der Waals surface area contributed by atoms with Gasteiger partial charge in [0.05, 0.1) is 6.10 Å². The van der Waals surface area contributed by atoms with Crippen molar-refractivity contribution in [2.45, 2.75) is 103 Å². The third-order valence-electron chi connectivity index (χ3n) is 5.08. The van der Waals surface area contributed by atoms with Crippen molar-refractivity contribution < 1.29 is 14.6 Å². The SMILES string of the molecule is CC1CCCC(C2CCCCCC2O)N1C(=O)OC(C)(C)C. The number of rotatable bonds is 1. The average molecular weight is 311 g/mol. The molecule has 4 heteroatoms. The minimum Gasteiger partial charge on any atom is -0.444 e. The van der Waals surface area contributed by atoms with Crippen LogP contribution < -0.4 is 0 Å². The fourth-order valence-corrected chi connectivity index (χ4v) is 4.04. The molecule has 1 aliphatic heterocycles. The lowest BCUT2D eigenvalue weighted by molar-refractivity contribution is -0.0324. The number of hydrogen-bond acceptors (Lipinski definition) is 3. The molecule has 1 saturated carbocycles. The largest absolute Gasteiger partial charge is 0.444 e. The molecule has 0 spiro atoms. The molecule has 4 atom stereocenters. The summed E-state index contributed by atoms with van der Waals surface area (Å²) in [6.45, 7) is 7.85. The maximum absolute atomic E-state index is 12.7. The third kappa shape index (κ3) is 4.37. The van der Waals surface area contributed by atoms with Crippen molar-refractivity contribution in [2.75, 3.05) is 0 Å². The number of aliphatic hydroxyl groups excluding tert-OH is 1. The van der Waals surface area contributed by atoms with E-state index in [1.54, 1.807) is 0 Å². The van der Waals surface area contributed by atoms with Crippen LogP contribution in [0.25, 0.3) is 0 Å². The minimum absolute atomic E-state index is 0.131. The Morgan fingerprint density at radius 1 is 1.05 bits per heavy atom. The summed E-state index contributed by atoms with van der Waals surface area (Å²) in [6.07, 6.45) is 8.03. The zero-order valence-corrected chi connectivity index (χ0v) is 14.7. The number of nitrogens with zero attached hydrogens (tertiary/aromatic N) is 1. The van der Waals surface area contributed by atoms with Crippen LogP contribution in [-0.4, -0.2) is 39.9 Å². The molecule has 4 unspecified atom stereocenters. The number of carbonyl (C=O) groups excluding carboxylic acids is 1. The normalized spacial score (nSPS) is 34.1. The number of hydrogen-bond donors (Lipinski definition) is 1. The van der Waals surface area contributed by atoms with E-state index in [0.717, 1.165) is 44.9 Å². The molecule has 0 aromatic rings. The summed E-state index contributed by atoms with van der Waals surface area (Å²) < 4.78 is 5.64. The molecule has 0 aromatic carbocycles. The molecule has 1 amide bonds. The van der Waals surface area contributed by atoms with Gasteiger partial charge in [0.1, 0.15) is 5.60 Å². The Kier molecular flexibility index (Phi) is 5.76. The smallest absolute Gasteiger partial charge is 0.410 e. The van der Waals surface area contributed by atoms with Gasteiger partial charge in [0, 0.05) is 18.0 Å². The lowest BCUT2D eigenvalue weighted by Gasteiger charge is -2.45. The third-order valence-corrected chi connectivity index (χ3v) is 5.08. The van der Waals surface area contributed by atoms with Gasteiger partial charge in [-0.2, -0.15) is 0 Å². The molecular formula is C18H33NO3. The topological polar surface area (TPSA) is 49.8 Å². The van der Waals surface area contributed by atoms with Crippen LogP contribution in [0.1, 0.15) is 79.1 Å². The van der Waals surface area contributed by atoms with Crippen LogP contribution in [-0.2, 0) is 4.74 Å². The summed E-state index contributed by atoms with van der Waals surface area (Å²) in [5.41, 5.74) is -0.471. The molecule has 22 heavy (non-hydrogen) atoms. The fourth-order valence-electron chi connectivity index (χ4n) is 4.04. The van der Waals surface area contributed by atoms with Crippen LogP contribution in [0, 0.1) is 5.92 Å². The quantitative estimate of drug-likeness (QED) is 0.742. The van der Waals surface area contributed by atoms with Crippen LogP contribution in [0.3, 0.4) is 0 Å². The number of ether oxygens (including phenoxy) is 1. The molecular weight excluding hydrogens is 278 g/mol. The summed E-state index contributed by atoms with van der Waals surface area (Å²) >= 11 is 0. The van der Waals surface area contributed by atoms with E-state index in [4.69, 9.17) is 4.74 Å². The Bertz CT molecular complexity index is 377. The van der Waals surface area contributed by atoms with Crippen LogP contribution in [0.5, 0.6) is 0 Å². The van der Waals surface area contributed by atoms with Gasteiger partial charge in [-0.15, -0.1) is 0 Å². The van der Waals surface area contributed by atoms with Crippen LogP contribution >= 0.6 is 0 Å². The highest BCUT2D eigenvalue weighted by Gasteiger charge is 2.41. The zero-order valence-electron chi connectivity index (χ0n) is 14.7. The maximum atomic E-state index is 12.7. The van der Waals surface area contributed by atoms with Gasteiger partial charge in [-0.05, 0) is 59.8 Å². The molecule has 128 valence electrons. The van der Waals surface area contributed by atoms with Crippen molar-refractivity contribution in [1.82, 2.24) is 4.90 Å². The van der Waals surface area contributed by atoms with E-state index in [1.165, 1.54) is 6.42 Å². The Morgan fingerprint density at radius 2 is 1.73 bits per heavy atom. The molecule has 0 aromatic heterocycles. The van der Waals surface area contributed by atoms with E-state index in [0.29, 0.717) is 0 Å². The van der Waals surface area contributed by atoms with Gasteiger partial charge >= 0.3 is 6.09 Å².